The summed E-state index contributed by atoms with van der Waals surface area (Å²) in [5.74, 6) is -0.947. The molecule has 5 nitrogen and oxygen atoms in total. The van der Waals surface area contributed by atoms with Gasteiger partial charge < -0.3 is 14.9 Å². The van der Waals surface area contributed by atoms with Crippen LogP contribution in [-0.2, 0) is 13.0 Å². The van der Waals surface area contributed by atoms with E-state index in [2.05, 4.69) is 9.72 Å². The zero-order valence-electron chi connectivity index (χ0n) is 13.6. The molecule has 1 aromatic heterocycles. The van der Waals surface area contributed by atoms with E-state index in [0.717, 1.165) is 35.0 Å². The molecule has 0 unspecified atom stereocenters. The Morgan fingerprint density at radius 1 is 1.08 bits per heavy atom. The maximum absolute atomic E-state index is 11.8. The SMILES string of the molecule is O=C(O)c1cccc2c3c(n(Cc4ccccc4)c12)CCC/C3=N/O. The Balaban J connectivity index is 2.04. The second kappa shape index (κ2) is 6.09. The number of aromatic nitrogens is 1. The highest BCUT2D eigenvalue weighted by atomic mass is 16.4. The number of rotatable bonds is 3. The Bertz CT molecular complexity index is 987. The first-order valence-corrected chi connectivity index (χ1v) is 8.33. The molecule has 2 N–H and O–H groups in total. The molecule has 0 saturated heterocycles. The molecule has 0 bridgehead atoms. The van der Waals surface area contributed by atoms with Crippen LogP contribution in [0.2, 0.25) is 0 Å². The summed E-state index contributed by atoms with van der Waals surface area (Å²) in [4.78, 5) is 11.8. The molecule has 5 heteroatoms. The highest BCUT2D eigenvalue weighted by Crippen LogP contribution is 2.35. The number of fused-ring (bicyclic) bond motifs is 3. The highest BCUT2D eigenvalue weighted by Gasteiger charge is 2.27. The predicted molar refractivity (Wildman–Crippen MR) is 95.7 cm³/mol. The van der Waals surface area contributed by atoms with Crippen LogP contribution in [0.25, 0.3) is 10.9 Å². The molecule has 2 aromatic carbocycles. The van der Waals surface area contributed by atoms with Crippen molar-refractivity contribution < 1.29 is 15.1 Å². The van der Waals surface area contributed by atoms with Gasteiger partial charge in [0.15, 0.2) is 0 Å². The van der Waals surface area contributed by atoms with Crippen molar-refractivity contribution in [3.05, 3.63) is 70.9 Å². The largest absolute Gasteiger partial charge is 0.478 e. The van der Waals surface area contributed by atoms with Crippen molar-refractivity contribution in [2.24, 2.45) is 5.16 Å². The average Bonchev–Trinajstić information content (AvgIpc) is 2.96. The van der Waals surface area contributed by atoms with Crippen molar-refractivity contribution in [3.8, 4) is 0 Å². The van der Waals surface area contributed by atoms with Crippen molar-refractivity contribution in [3.63, 3.8) is 0 Å². The van der Waals surface area contributed by atoms with Gasteiger partial charge in [0.25, 0.3) is 0 Å². The van der Waals surface area contributed by atoms with Gasteiger partial charge in [0.05, 0.1) is 16.8 Å². The Hall–Kier alpha value is -3.08. The highest BCUT2D eigenvalue weighted by molar-refractivity contribution is 6.16. The summed E-state index contributed by atoms with van der Waals surface area (Å²) in [6.07, 6.45) is 2.43. The first-order valence-electron chi connectivity index (χ1n) is 8.33. The third-order valence-corrected chi connectivity index (χ3v) is 4.84. The lowest BCUT2D eigenvalue weighted by atomic mass is 9.93. The van der Waals surface area contributed by atoms with E-state index in [-0.39, 0.29) is 5.56 Å². The van der Waals surface area contributed by atoms with Crippen LogP contribution in [0, 0.1) is 0 Å². The molecule has 0 saturated carbocycles. The van der Waals surface area contributed by atoms with Crippen molar-refractivity contribution in [1.29, 1.82) is 0 Å². The number of carboxylic acid groups (broad SMARTS) is 1. The molecule has 0 spiro atoms. The number of carboxylic acids is 1. The van der Waals surface area contributed by atoms with E-state index < -0.39 is 5.97 Å². The summed E-state index contributed by atoms with van der Waals surface area (Å²) in [6.45, 7) is 0.593. The van der Waals surface area contributed by atoms with Gasteiger partial charge in [-0.25, -0.2) is 4.79 Å². The van der Waals surface area contributed by atoms with Gasteiger partial charge in [-0.2, -0.15) is 0 Å². The Kier molecular flexibility index (Phi) is 3.76. The summed E-state index contributed by atoms with van der Waals surface area (Å²) >= 11 is 0. The van der Waals surface area contributed by atoms with Gasteiger partial charge in [-0.15, -0.1) is 0 Å². The second-order valence-electron chi connectivity index (χ2n) is 6.30. The fraction of sp³-hybridized carbons (Fsp3) is 0.200. The lowest BCUT2D eigenvalue weighted by Gasteiger charge is -2.17. The van der Waals surface area contributed by atoms with Crippen LogP contribution in [0.15, 0.2) is 53.7 Å². The molecule has 1 heterocycles. The molecule has 25 heavy (non-hydrogen) atoms. The van der Waals surface area contributed by atoms with Gasteiger partial charge in [-0.3, -0.25) is 0 Å². The van der Waals surface area contributed by atoms with E-state index in [0.29, 0.717) is 24.2 Å². The van der Waals surface area contributed by atoms with Crippen molar-refractivity contribution in [1.82, 2.24) is 4.57 Å². The van der Waals surface area contributed by atoms with Crippen LogP contribution in [0.3, 0.4) is 0 Å². The van der Waals surface area contributed by atoms with Crippen LogP contribution in [-0.4, -0.2) is 26.6 Å². The fourth-order valence-corrected chi connectivity index (χ4v) is 3.80. The van der Waals surface area contributed by atoms with E-state index in [1.807, 2.05) is 36.4 Å². The zero-order valence-corrected chi connectivity index (χ0v) is 13.6. The summed E-state index contributed by atoms with van der Waals surface area (Å²) in [6, 6.07) is 15.3. The van der Waals surface area contributed by atoms with E-state index >= 15 is 0 Å². The number of hydrogen-bond acceptors (Lipinski definition) is 3. The van der Waals surface area contributed by atoms with Crippen LogP contribution in [0.4, 0.5) is 0 Å². The standard InChI is InChI=1S/C20H18N2O3/c23-20(24)15-9-4-8-14-18-16(21-25)10-5-11-17(18)22(19(14)15)12-13-6-2-1-3-7-13/h1-4,6-9,25H,5,10-12H2,(H,23,24)/b21-16-. The summed E-state index contributed by atoms with van der Waals surface area (Å²) in [5.41, 5.74) is 4.66. The van der Waals surface area contributed by atoms with Crippen molar-refractivity contribution in [2.45, 2.75) is 25.8 Å². The third-order valence-electron chi connectivity index (χ3n) is 4.84. The maximum Gasteiger partial charge on any atom is 0.337 e. The number of benzene rings is 2. The fourth-order valence-electron chi connectivity index (χ4n) is 3.80. The number of aromatic carboxylic acids is 1. The van der Waals surface area contributed by atoms with Crippen LogP contribution >= 0.6 is 0 Å². The van der Waals surface area contributed by atoms with Crippen LogP contribution in [0.1, 0.15) is 40.0 Å². The lowest BCUT2D eigenvalue weighted by Crippen LogP contribution is -2.15. The monoisotopic (exact) mass is 334 g/mol. The van der Waals surface area contributed by atoms with Gasteiger partial charge in [-0.05, 0) is 30.9 Å². The smallest absolute Gasteiger partial charge is 0.337 e. The van der Waals surface area contributed by atoms with E-state index in [1.54, 1.807) is 12.1 Å². The maximum atomic E-state index is 11.8. The topological polar surface area (TPSA) is 74.8 Å². The summed E-state index contributed by atoms with van der Waals surface area (Å²) in [7, 11) is 0. The molecular formula is C20H18N2O3. The van der Waals surface area contributed by atoms with Crippen LogP contribution < -0.4 is 0 Å². The van der Waals surface area contributed by atoms with Crippen LogP contribution in [0.5, 0.6) is 0 Å². The van der Waals surface area contributed by atoms with Gasteiger partial charge in [-0.1, -0.05) is 47.6 Å². The number of para-hydroxylation sites is 1. The van der Waals surface area contributed by atoms with Crippen molar-refractivity contribution in [2.75, 3.05) is 0 Å². The molecule has 3 aromatic rings. The number of carbonyl (C=O) groups is 1. The first kappa shape index (κ1) is 15.4. The molecule has 0 aliphatic heterocycles. The Morgan fingerprint density at radius 2 is 1.88 bits per heavy atom. The number of hydrogen-bond donors (Lipinski definition) is 2. The molecular weight excluding hydrogens is 316 g/mol. The first-order chi connectivity index (χ1) is 12.2. The molecule has 0 radical (unpaired) electrons. The predicted octanol–water partition coefficient (Wildman–Crippen LogP) is 3.90. The molecule has 1 aliphatic carbocycles. The van der Waals surface area contributed by atoms with Gasteiger partial charge in [0.2, 0.25) is 0 Å². The second-order valence-corrected chi connectivity index (χ2v) is 6.30. The van der Waals surface area contributed by atoms with Gasteiger partial charge in [0.1, 0.15) is 0 Å². The minimum Gasteiger partial charge on any atom is -0.478 e. The molecule has 4 rings (SSSR count). The quantitative estimate of drug-likeness (QED) is 0.563. The molecule has 0 amide bonds. The zero-order chi connectivity index (χ0) is 17.4. The van der Waals surface area contributed by atoms with Gasteiger partial charge in [0, 0.05) is 23.2 Å². The average molecular weight is 334 g/mol. The minimum atomic E-state index is -0.947. The lowest BCUT2D eigenvalue weighted by molar-refractivity contribution is 0.0698. The number of oxime groups is 1. The van der Waals surface area contributed by atoms with Gasteiger partial charge >= 0.3 is 5.97 Å². The molecule has 126 valence electrons. The normalized spacial score (nSPS) is 15.4. The van der Waals surface area contributed by atoms with E-state index in [1.165, 1.54) is 0 Å². The minimum absolute atomic E-state index is 0.278. The Morgan fingerprint density at radius 3 is 2.60 bits per heavy atom. The molecule has 0 atom stereocenters. The van der Waals surface area contributed by atoms with E-state index in [4.69, 9.17) is 0 Å². The van der Waals surface area contributed by atoms with Crippen molar-refractivity contribution >= 4 is 22.6 Å². The summed E-state index contributed by atoms with van der Waals surface area (Å²) in [5, 5.41) is 23.4. The van der Waals surface area contributed by atoms with E-state index in [9.17, 15) is 15.1 Å². The summed E-state index contributed by atoms with van der Waals surface area (Å²) < 4.78 is 2.08. The Labute approximate surface area is 144 Å². The number of nitrogens with zero attached hydrogens (tertiary/aromatic N) is 2. The molecule has 0 fully saturated rings. The third kappa shape index (κ3) is 2.48. The molecule has 1 aliphatic rings.